The fourth-order valence-corrected chi connectivity index (χ4v) is 5.03. The predicted molar refractivity (Wildman–Crippen MR) is 151 cm³/mol. The van der Waals surface area contributed by atoms with Gasteiger partial charge in [-0.15, -0.1) is 0 Å². The second-order valence-corrected chi connectivity index (χ2v) is 10.9. The maximum absolute atomic E-state index is 6.59. The van der Waals surface area contributed by atoms with E-state index in [1.807, 2.05) is 0 Å². The highest BCUT2D eigenvalue weighted by atomic mass is 31.1. The van der Waals surface area contributed by atoms with Gasteiger partial charge in [0.2, 0.25) is 0 Å². The van der Waals surface area contributed by atoms with Crippen LogP contribution in [0, 0.1) is 0 Å². The molecule has 0 aliphatic heterocycles. The summed E-state index contributed by atoms with van der Waals surface area (Å²) in [6, 6.07) is 6.81. The van der Waals surface area contributed by atoms with Gasteiger partial charge in [-0.25, -0.2) is 0 Å². The molecule has 1 aromatic carbocycles. The summed E-state index contributed by atoms with van der Waals surface area (Å²) < 4.78 is 18.9. The van der Waals surface area contributed by atoms with Crippen molar-refractivity contribution in [2.45, 2.75) is 137 Å². The first-order valence-electron chi connectivity index (χ1n) is 14.5. The lowest BCUT2D eigenvalue weighted by molar-refractivity contribution is 0.446. The van der Waals surface area contributed by atoms with Crippen LogP contribution >= 0.6 is 8.24 Å². The van der Waals surface area contributed by atoms with Crippen molar-refractivity contribution in [1.29, 1.82) is 0 Å². The lowest BCUT2D eigenvalue weighted by atomic mass is 9.95. The number of unbranched alkanes of at least 4 members (excludes halogenated alkanes) is 4. The third kappa shape index (κ3) is 11.3. The quantitative estimate of drug-likeness (QED) is 0.243. The summed E-state index contributed by atoms with van der Waals surface area (Å²) in [5.74, 6) is 2.06. The number of rotatable bonds is 15. The van der Waals surface area contributed by atoms with Gasteiger partial charge in [0.05, 0.1) is 0 Å². The molecular formula is C31H51O3P. The van der Waals surface area contributed by atoms with Gasteiger partial charge in [0.15, 0.2) is 0 Å². The molecule has 4 heteroatoms. The molecule has 0 radical (unpaired) electrons. The highest BCUT2D eigenvalue weighted by Gasteiger charge is 2.16. The van der Waals surface area contributed by atoms with Crippen LogP contribution in [0.4, 0.5) is 0 Å². The SMILES string of the molecule is C1CC1.CCCCc1cc(CCCC)c(Op2occc(CC)c(CCCC)o2)c(CCCC)c1. The zero-order chi connectivity index (χ0) is 25.3. The van der Waals surface area contributed by atoms with Crippen LogP contribution in [-0.4, -0.2) is 0 Å². The Labute approximate surface area is 216 Å². The number of benzene rings is 1. The zero-order valence-corrected chi connectivity index (χ0v) is 24.2. The van der Waals surface area contributed by atoms with Crippen molar-refractivity contribution in [3.05, 3.63) is 52.5 Å². The normalized spacial score (nSPS) is 12.7. The molecule has 1 atom stereocenters. The molecule has 1 aliphatic carbocycles. The van der Waals surface area contributed by atoms with E-state index >= 15 is 0 Å². The van der Waals surface area contributed by atoms with E-state index in [4.69, 9.17) is 12.9 Å². The summed E-state index contributed by atoms with van der Waals surface area (Å²) in [4.78, 5) is 0. The maximum Gasteiger partial charge on any atom is 0.452 e. The van der Waals surface area contributed by atoms with E-state index in [2.05, 4.69) is 52.8 Å². The zero-order valence-electron chi connectivity index (χ0n) is 23.3. The van der Waals surface area contributed by atoms with Crippen molar-refractivity contribution in [3.63, 3.8) is 0 Å². The fourth-order valence-electron chi connectivity index (χ4n) is 3.97. The van der Waals surface area contributed by atoms with Crippen molar-refractivity contribution in [3.8, 4) is 5.75 Å². The minimum absolute atomic E-state index is 0.941. The van der Waals surface area contributed by atoms with Crippen molar-refractivity contribution >= 4 is 8.24 Å². The predicted octanol–water partition coefficient (Wildman–Crippen LogP) is 10.9. The molecule has 0 N–H and O–H groups in total. The molecule has 198 valence electrons. The van der Waals surface area contributed by atoms with E-state index in [1.54, 1.807) is 6.26 Å². The first-order valence-corrected chi connectivity index (χ1v) is 15.6. The van der Waals surface area contributed by atoms with Crippen molar-refractivity contribution in [2.24, 2.45) is 0 Å². The molecule has 3 rings (SSSR count). The first kappa shape index (κ1) is 29.6. The Kier molecular flexibility index (Phi) is 15.0. The molecular weight excluding hydrogens is 451 g/mol. The Hall–Kier alpha value is -1.60. The van der Waals surface area contributed by atoms with Gasteiger partial charge < -0.3 is 12.9 Å². The topological polar surface area (TPSA) is 35.5 Å². The third-order valence-corrected chi connectivity index (χ3v) is 7.33. The summed E-state index contributed by atoms with van der Waals surface area (Å²) >= 11 is 0. The Morgan fingerprint density at radius 2 is 1.26 bits per heavy atom. The minimum atomic E-state index is -1.49. The fraction of sp³-hybridized carbons (Fsp3) is 0.677. The average Bonchev–Trinajstić information content (AvgIpc) is 3.76. The lowest BCUT2D eigenvalue weighted by Crippen LogP contribution is -2.00. The molecule has 0 bridgehead atoms. The van der Waals surface area contributed by atoms with Crippen molar-refractivity contribution in [1.82, 2.24) is 0 Å². The van der Waals surface area contributed by atoms with Crippen LogP contribution in [0.3, 0.4) is 0 Å². The standard InChI is InChI=1S/C28H45O3P.C3H6/c1-6-11-15-23-21-25(16-12-7-2)28(26(22-23)17-13-8-3)31-32-29-20-19-24(10-5)27(30-32)18-14-9-4;1-2-3-1/h19-22H,6-18H2,1-5H3;1-3H2. The van der Waals surface area contributed by atoms with E-state index < -0.39 is 8.24 Å². The maximum atomic E-state index is 6.59. The number of aryl methyl sites for hydroxylation is 5. The van der Waals surface area contributed by atoms with E-state index in [0.29, 0.717) is 0 Å². The van der Waals surface area contributed by atoms with Crippen LogP contribution < -0.4 is 4.52 Å². The molecule has 1 saturated carbocycles. The molecule has 35 heavy (non-hydrogen) atoms. The highest BCUT2D eigenvalue weighted by Crippen LogP contribution is 2.38. The van der Waals surface area contributed by atoms with Crippen LogP contribution in [0.25, 0.3) is 0 Å². The molecule has 3 nitrogen and oxygen atoms in total. The van der Waals surface area contributed by atoms with E-state index in [1.165, 1.54) is 80.0 Å². The monoisotopic (exact) mass is 502 g/mol. The van der Waals surface area contributed by atoms with Gasteiger partial charge in [0.1, 0.15) is 17.8 Å². The summed E-state index contributed by atoms with van der Waals surface area (Å²) in [6.45, 7) is 11.2. The molecule has 1 aliphatic rings. The van der Waals surface area contributed by atoms with Gasteiger partial charge in [-0.05, 0) is 79.7 Å². The number of hydrogen-bond acceptors (Lipinski definition) is 3. The highest BCUT2D eigenvalue weighted by molar-refractivity contribution is 7.31. The second kappa shape index (κ2) is 17.8. The molecule has 0 amide bonds. The Morgan fingerprint density at radius 1 is 0.714 bits per heavy atom. The van der Waals surface area contributed by atoms with Gasteiger partial charge >= 0.3 is 8.24 Å². The first-order chi connectivity index (χ1) is 17.2. The largest absolute Gasteiger partial charge is 0.452 e. The summed E-state index contributed by atoms with van der Waals surface area (Å²) in [6.07, 6.45) is 20.8. The Balaban J connectivity index is 0.00000133. The molecule has 2 aromatic rings. The van der Waals surface area contributed by atoms with Crippen molar-refractivity contribution in [2.75, 3.05) is 0 Å². The Morgan fingerprint density at radius 3 is 1.77 bits per heavy atom. The minimum Gasteiger partial charge on any atom is -0.399 e. The van der Waals surface area contributed by atoms with Gasteiger partial charge in [0, 0.05) is 6.42 Å². The van der Waals surface area contributed by atoms with Crippen LogP contribution in [0.1, 0.15) is 133 Å². The van der Waals surface area contributed by atoms with Crippen LogP contribution in [0.2, 0.25) is 0 Å². The summed E-state index contributed by atoms with van der Waals surface area (Å²) in [5.41, 5.74) is 5.32. The van der Waals surface area contributed by atoms with Crippen LogP contribution in [0.5, 0.6) is 5.75 Å². The van der Waals surface area contributed by atoms with Gasteiger partial charge in [-0.2, -0.15) is 0 Å². The third-order valence-electron chi connectivity index (χ3n) is 6.34. The Bertz CT molecular complexity index is 838. The average molecular weight is 503 g/mol. The summed E-state index contributed by atoms with van der Waals surface area (Å²) in [5, 5.41) is 0. The van der Waals surface area contributed by atoms with Gasteiger partial charge in [-0.1, -0.05) is 91.7 Å². The van der Waals surface area contributed by atoms with E-state index in [9.17, 15) is 0 Å². The van der Waals surface area contributed by atoms with E-state index in [0.717, 1.165) is 56.5 Å². The molecule has 1 unspecified atom stereocenters. The van der Waals surface area contributed by atoms with E-state index in [-0.39, 0.29) is 0 Å². The summed E-state index contributed by atoms with van der Waals surface area (Å²) in [7, 11) is -1.49. The van der Waals surface area contributed by atoms with Gasteiger partial charge in [-0.3, -0.25) is 0 Å². The van der Waals surface area contributed by atoms with Gasteiger partial charge in [0.25, 0.3) is 0 Å². The molecule has 1 heterocycles. The van der Waals surface area contributed by atoms with Crippen LogP contribution in [0.15, 0.2) is 32.9 Å². The van der Waals surface area contributed by atoms with Crippen molar-refractivity contribution < 1.29 is 12.9 Å². The smallest absolute Gasteiger partial charge is 0.399 e. The molecule has 1 aromatic heterocycles. The van der Waals surface area contributed by atoms with Crippen LogP contribution in [-0.2, 0) is 32.1 Å². The second-order valence-electron chi connectivity index (χ2n) is 9.83. The molecule has 0 spiro atoms. The molecule has 0 saturated heterocycles. The lowest BCUT2D eigenvalue weighted by Gasteiger charge is -2.16. The molecule has 1 fully saturated rings. The number of hydrogen-bond donors (Lipinski definition) is 0.